The number of nitrogens with zero attached hydrogens (tertiary/aromatic N) is 5. The van der Waals surface area contributed by atoms with Gasteiger partial charge in [-0.3, -0.25) is 14.9 Å². The lowest BCUT2D eigenvalue weighted by atomic mass is 9.77. The summed E-state index contributed by atoms with van der Waals surface area (Å²) in [6.45, 7) is 20.3. The van der Waals surface area contributed by atoms with Crippen LogP contribution in [-0.2, 0) is 52.6 Å². The number of nitrogen functional groups attached to an aromatic ring is 1. The summed E-state index contributed by atoms with van der Waals surface area (Å²) in [4.78, 5) is 18.6. The number of hydrogen-bond acceptors (Lipinski definition) is 16. The summed E-state index contributed by atoms with van der Waals surface area (Å²) >= 11 is 0. The Kier molecular flexibility index (Phi) is 21.1. The maximum atomic E-state index is 14.4. The standard InChI is InChI=1S/C50H85N7O11.H2O/c1-14-39-30(4)41(58)33(7)56(12)26-28(2)24-49(9,62)45(31(5)43(32(6)47(61)66-39)67-40-25-50(10,63-13)44(60)34(8)65-40)68-48-42(59)38(23-29(3)64-48)55(11)21-20-37-27-57(54-53-37)22-19-35-15-17-36(18-16-35)46(51)52;/h15-18,27-34,38-45,48,58-60,62H,14,19-26H2,1-13H3,(H3,51,52);1H2/t28-,29-,30+,31+,32-,33-,34+,38+,39-,40+,41+,42-,43+,44+,45-,48+,49-,50-;/m1./s1. The number of cyclic esters (lactones) is 1. The first kappa shape index (κ1) is 58.4. The molecule has 3 fully saturated rings. The van der Waals surface area contributed by atoms with Crippen LogP contribution >= 0.6 is 0 Å². The van der Waals surface area contributed by atoms with E-state index in [4.69, 9.17) is 39.6 Å². The summed E-state index contributed by atoms with van der Waals surface area (Å²) in [5.41, 5.74) is 5.61. The van der Waals surface area contributed by atoms with E-state index in [0.717, 1.165) is 17.7 Å². The highest BCUT2D eigenvalue weighted by atomic mass is 16.7. The quantitative estimate of drug-likeness (QED) is 0.0903. The van der Waals surface area contributed by atoms with Crippen molar-refractivity contribution in [2.24, 2.45) is 29.4 Å². The van der Waals surface area contributed by atoms with Crippen LogP contribution in [0.25, 0.3) is 0 Å². The lowest BCUT2D eigenvalue weighted by Crippen LogP contribution is -2.60. The summed E-state index contributed by atoms with van der Waals surface area (Å²) in [5, 5.41) is 64.1. The number of esters is 1. The third kappa shape index (κ3) is 14.5. The SMILES string of the molecule is CC[C@H]1OC(=O)[C@H](C)[C@@H](O[C@H]2C[C@@](C)(OC)[C@@H](O)[C@H](C)O2)[C@H](C)[C@@H](O[C@@H]2O[C@H](C)C[C@H](N(C)CCc3cn(CCc4ccc(C(=N)N)cc4)nn3)[C@H]2O)[C@](C)(O)C[C@@H](C)CN(C)[C@H](C)[C@@H](O)[C@H]1C.O. The molecule has 0 aliphatic carbocycles. The molecule has 9 N–H and O–H groups in total. The van der Waals surface area contributed by atoms with Gasteiger partial charge in [-0.1, -0.05) is 57.2 Å². The molecular weight excluding hydrogens is 891 g/mol. The maximum absolute atomic E-state index is 14.4. The van der Waals surface area contributed by atoms with Crippen LogP contribution in [0.1, 0.15) is 112 Å². The van der Waals surface area contributed by atoms with Gasteiger partial charge in [0.15, 0.2) is 12.6 Å². The predicted octanol–water partition coefficient (Wildman–Crippen LogP) is 2.69. The summed E-state index contributed by atoms with van der Waals surface area (Å²) < 4.78 is 40.3. The van der Waals surface area contributed by atoms with Crippen molar-refractivity contribution in [3.05, 3.63) is 47.3 Å². The van der Waals surface area contributed by atoms with Gasteiger partial charge in [-0.25, -0.2) is 0 Å². The number of aryl methyl sites for hydroxylation is 2. The van der Waals surface area contributed by atoms with Gasteiger partial charge in [0.05, 0.1) is 53.3 Å². The molecular formula is C50H87N7O12. The number of carbonyl (C=O) groups excluding carboxylic acids is 1. The van der Waals surface area contributed by atoms with Crippen molar-refractivity contribution in [1.82, 2.24) is 24.8 Å². The molecule has 0 amide bonds. The second kappa shape index (κ2) is 25.0. The number of nitrogens with two attached hydrogens (primary N) is 1. The van der Waals surface area contributed by atoms with Gasteiger partial charge in [-0.2, -0.15) is 0 Å². The summed E-state index contributed by atoms with van der Waals surface area (Å²) in [6, 6.07) is 6.92. The number of methoxy groups -OCH3 is 1. The lowest BCUT2D eigenvalue weighted by Gasteiger charge is -2.49. The fourth-order valence-electron chi connectivity index (χ4n) is 10.7. The molecule has 1 aromatic carbocycles. The molecule has 3 aliphatic rings. The van der Waals surface area contributed by atoms with Gasteiger partial charge < -0.3 is 69.9 Å². The molecule has 394 valence electrons. The van der Waals surface area contributed by atoms with Crippen molar-refractivity contribution in [2.45, 2.75) is 199 Å². The van der Waals surface area contributed by atoms with Crippen molar-refractivity contribution < 1.29 is 59.1 Å². The number of hydrogen-bond donors (Lipinski definition) is 6. The molecule has 19 nitrogen and oxygen atoms in total. The Balaban J connectivity index is 0.0000104. The number of aliphatic hydroxyl groups is 4. The summed E-state index contributed by atoms with van der Waals surface area (Å²) in [6.07, 6.45) is -3.98. The van der Waals surface area contributed by atoms with E-state index in [1.807, 2.05) is 90.8 Å². The van der Waals surface area contributed by atoms with E-state index in [2.05, 4.69) is 20.1 Å². The first-order chi connectivity index (χ1) is 31.9. The minimum Gasteiger partial charge on any atom is -0.462 e. The van der Waals surface area contributed by atoms with Crippen molar-refractivity contribution in [3.63, 3.8) is 0 Å². The summed E-state index contributed by atoms with van der Waals surface area (Å²) in [5.74, 6) is -2.67. The fraction of sp³-hybridized carbons (Fsp3) is 0.800. The highest BCUT2D eigenvalue weighted by Gasteiger charge is 2.52. The van der Waals surface area contributed by atoms with E-state index in [-0.39, 0.29) is 48.3 Å². The van der Waals surface area contributed by atoms with Crippen molar-refractivity contribution in [1.29, 1.82) is 5.41 Å². The zero-order valence-electron chi connectivity index (χ0n) is 43.4. The number of ether oxygens (including phenoxy) is 6. The van der Waals surface area contributed by atoms with E-state index < -0.39 is 90.2 Å². The zero-order valence-corrected chi connectivity index (χ0v) is 43.4. The third-order valence-electron chi connectivity index (χ3n) is 15.3. The van der Waals surface area contributed by atoms with Crippen LogP contribution in [-0.4, -0.2) is 181 Å². The minimum atomic E-state index is -1.57. The van der Waals surface area contributed by atoms with Crippen LogP contribution in [0, 0.1) is 29.1 Å². The van der Waals surface area contributed by atoms with Gasteiger partial charge in [0.2, 0.25) is 0 Å². The smallest absolute Gasteiger partial charge is 0.311 e. The molecule has 0 radical (unpaired) electrons. The molecule has 4 heterocycles. The normalized spacial score (nSPS) is 39.0. The average Bonchev–Trinajstić information content (AvgIpc) is 3.76. The number of carbonyl (C=O) groups is 1. The van der Waals surface area contributed by atoms with Gasteiger partial charge in [-0.15, -0.1) is 5.10 Å². The molecule has 3 aliphatic heterocycles. The van der Waals surface area contributed by atoms with Gasteiger partial charge in [0, 0.05) is 75.3 Å². The van der Waals surface area contributed by atoms with Crippen LogP contribution < -0.4 is 5.73 Å². The topological polar surface area (TPSA) is 272 Å². The van der Waals surface area contributed by atoms with Gasteiger partial charge in [0.25, 0.3) is 0 Å². The van der Waals surface area contributed by atoms with E-state index in [0.29, 0.717) is 44.5 Å². The van der Waals surface area contributed by atoms with Crippen molar-refractivity contribution >= 4 is 11.8 Å². The highest BCUT2D eigenvalue weighted by molar-refractivity contribution is 5.94. The van der Waals surface area contributed by atoms with Crippen LogP contribution in [0.2, 0.25) is 0 Å². The fourth-order valence-corrected chi connectivity index (χ4v) is 10.7. The second-order valence-corrected chi connectivity index (χ2v) is 21.0. The van der Waals surface area contributed by atoms with E-state index in [9.17, 15) is 25.2 Å². The number of likely N-dealkylation sites (N-methyl/N-ethyl adjacent to an activating group) is 2. The number of benzene rings is 1. The monoisotopic (exact) mass is 978 g/mol. The number of nitrogens with one attached hydrogen (secondary N) is 1. The molecule has 5 rings (SSSR count). The first-order valence-electron chi connectivity index (χ1n) is 24.8. The first-order valence-corrected chi connectivity index (χ1v) is 24.8. The van der Waals surface area contributed by atoms with E-state index in [1.54, 1.807) is 27.7 Å². The molecule has 18 atom stereocenters. The van der Waals surface area contributed by atoms with E-state index >= 15 is 0 Å². The number of amidine groups is 1. The van der Waals surface area contributed by atoms with Crippen molar-refractivity contribution in [3.8, 4) is 0 Å². The Morgan fingerprint density at radius 2 is 1.65 bits per heavy atom. The van der Waals surface area contributed by atoms with Crippen LogP contribution in [0.3, 0.4) is 0 Å². The highest BCUT2D eigenvalue weighted by Crippen LogP contribution is 2.40. The average molecular weight is 978 g/mol. The number of rotatable bonds is 14. The molecule has 0 unspecified atom stereocenters. The van der Waals surface area contributed by atoms with E-state index in [1.165, 1.54) is 7.11 Å². The molecule has 0 bridgehead atoms. The molecule has 2 aromatic rings. The molecule has 0 spiro atoms. The van der Waals surface area contributed by atoms with Gasteiger partial charge in [-0.05, 0) is 92.8 Å². The number of aliphatic hydroxyl groups excluding tert-OH is 3. The lowest BCUT2D eigenvalue weighted by molar-refractivity contribution is -0.318. The van der Waals surface area contributed by atoms with Crippen molar-refractivity contribution in [2.75, 3.05) is 34.3 Å². The third-order valence-corrected chi connectivity index (χ3v) is 15.3. The predicted molar refractivity (Wildman–Crippen MR) is 260 cm³/mol. The molecule has 0 saturated carbocycles. The van der Waals surface area contributed by atoms with Gasteiger partial charge in [0.1, 0.15) is 24.1 Å². The molecule has 69 heavy (non-hydrogen) atoms. The number of aromatic nitrogens is 3. The molecule has 1 aromatic heterocycles. The van der Waals surface area contributed by atoms with Crippen LogP contribution in [0.15, 0.2) is 30.5 Å². The Morgan fingerprint density at radius 1 is 0.986 bits per heavy atom. The minimum absolute atomic E-state index is 0. The Bertz CT molecular complexity index is 1910. The zero-order chi connectivity index (χ0) is 50.4. The van der Waals surface area contributed by atoms with Gasteiger partial charge >= 0.3 is 5.97 Å². The summed E-state index contributed by atoms with van der Waals surface area (Å²) in [7, 11) is 5.43. The Morgan fingerprint density at radius 3 is 2.28 bits per heavy atom. The molecule has 3 saturated heterocycles. The maximum Gasteiger partial charge on any atom is 0.311 e. The Labute approximate surface area is 410 Å². The van der Waals surface area contributed by atoms with Crippen LogP contribution in [0.4, 0.5) is 0 Å². The second-order valence-electron chi connectivity index (χ2n) is 21.0. The molecule has 19 heteroatoms. The van der Waals surface area contributed by atoms with Crippen LogP contribution in [0.5, 0.6) is 0 Å². The largest absolute Gasteiger partial charge is 0.462 e. The Hall–Kier alpha value is -3.18.